The normalized spacial score (nSPS) is 9.70. The van der Waals surface area contributed by atoms with Gasteiger partial charge < -0.3 is 0 Å². The minimum atomic E-state index is 0.937. The lowest BCUT2D eigenvalue weighted by atomic mass is 10.4. The van der Waals surface area contributed by atoms with Gasteiger partial charge in [0.05, 0.1) is 9.77 Å². The van der Waals surface area contributed by atoms with Crippen LogP contribution < -0.4 is 0 Å². The van der Waals surface area contributed by atoms with E-state index < -0.39 is 0 Å². The second kappa shape index (κ2) is 3.75. The summed E-state index contributed by atoms with van der Waals surface area (Å²) in [6.07, 6.45) is 6.75. The molecule has 1 rings (SSSR count). The molecule has 0 radical (unpaired) electrons. The van der Waals surface area contributed by atoms with E-state index in [9.17, 15) is 0 Å². The van der Waals surface area contributed by atoms with Gasteiger partial charge in [-0.15, -0.1) is 6.58 Å². The number of allylic oxidation sites excluding steroid dienone is 1. The molecule has 0 aliphatic heterocycles. The van der Waals surface area contributed by atoms with Gasteiger partial charge in [-0.05, 0) is 29.0 Å². The highest BCUT2D eigenvalue weighted by molar-refractivity contribution is 14.1. The second-order valence-electron chi connectivity index (χ2n) is 2.00. The molecule has 0 aromatic carbocycles. The van der Waals surface area contributed by atoms with Gasteiger partial charge in [0.1, 0.15) is 0 Å². The van der Waals surface area contributed by atoms with Crippen LogP contribution in [0.4, 0.5) is 0 Å². The van der Waals surface area contributed by atoms with Crippen LogP contribution in [0, 0.1) is 3.57 Å². The Morgan fingerprint density at radius 3 is 3.10 bits per heavy atom. The number of rotatable bonds is 3. The van der Waals surface area contributed by atoms with E-state index in [1.165, 1.54) is 3.57 Å². The monoisotopic (exact) mass is 248 g/mol. The van der Waals surface area contributed by atoms with Gasteiger partial charge in [0.25, 0.3) is 0 Å². The summed E-state index contributed by atoms with van der Waals surface area (Å²) in [4.78, 5) is 0. The molecule has 0 spiro atoms. The van der Waals surface area contributed by atoms with Crippen molar-refractivity contribution in [2.75, 3.05) is 0 Å². The molecule has 1 aromatic heterocycles. The fourth-order valence-electron chi connectivity index (χ4n) is 0.684. The molecule has 10 heavy (non-hydrogen) atoms. The first-order valence-electron chi connectivity index (χ1n) is 3.12. The van der Waals surface area contributed by atoms with Crippen LogP contribution >= 0.6 is 22.6 Å². The molecular weight excluding hydrogens is 239 g/mol. The Bertz CT molecular complexity index is 217. The maximum Gasteiger partial charge on any atom is 0.0623 e. The Labute approximate surface area is 74.1 Å². The van der Waals surface area contributed by atoms with Crippen molar-refractivity contribution >= 4 is 22.6 Å². The Kier molecular flexibility index (Phi) is 2.92. The minimum Gasteiger partial charge on any atom is -0.271 e. The maximum absolute atomic E-state index is 4.11. The smallest absolute Gasteiger partial charge is 0.0623 e. The Balaban J connectivity index is 2.49. The largest absolute Gasteiger partial charge is 0.271 e. The average Bonchev–Trinajstić information content (AvgIpc) is 2.31. The molecule has 0 unspecified atom stereocenters. The maximum atomic E-state index is 4.11. The number of halogens is 1. The topological polar surface area (TPSA) is 17.8 Å². The Hall–Kier alpha value is -0.320. The number of hydrogen-bond acceptors (Lipinski definition) is 1. The summed E-state index contributed by atoms with van der Waals surface area (Å²) in [5.41, 5.74) is 0. The van der Waals surface area contributed by atoms with Gasteiger partial charge >= 0.3 is 0 Å². The van der Waals surface area contributed by atoms with Crippen molar-refractivity contribution in [1.82, 2.24) is 9.78 Å². The van der Waals surface area contributed by atoms with Crippen molar-refractivity contribution in [3.8, 4) is 0 Å². The van der Waals surface area contributed by atoms with Crippen molar-refractivity contribution in [2.24, 2.45) is 0 Å². The first kappa shape index (κ1) is 7.78. The van der Waals surface area contributed by atoms with Gasteiger partial charge in [-0.3, -0.25) is 4.68 Å². The molecule has 0 bridgehead atoms. The molecule has 0 atom stereocenters. The number of aryl methyl sites for hydroxylation is 1. The zero-order valence-electron chi connectivity index (χ0n) is 5.63. The van der Waals surface area contributed by atoms with E-state index in [1.54, 1.807) is 0 Å². The van der Waals surface area contributed by atoms with Crippen LogP contribution in [0.25, 0.3) is 0 Å². The molecular formula is C7H9IN2. The van der Waals surface area contributed by atoms with Crippen LogP contribution in [-0.2, 0) is 6.54 Å². The summed E-state index contributed by atoms with van der Waals surface area (Å²) in [6.45, 7) is 4.58. The van der Waals surface area contributed by atoms with Gasteiger partial charge in [0.15, 0.2) is 0 Å². The molecule has 1 aromatic rings. The van der Waals surface area contributed by atoms with Crippen LogP contribution in [0.1, 0.15) is 6.42 Å². The molecule has 1 heterocycles. The molecule has 0 saturated heterocycles. The predicted octanol–water partition coefficient (Wildman–Crippen LogP) is 2.06. The lowest BCUT2D eigenvalue weighted by Crippen LogP contribution is -1.95. The molecule has 0 fully saturated rings. The van der Waals surface area contributed by atoms with E-state index in [-0.39, 0.29) is 0 Å². The summed E-state index contributed by atoms with van der Waals surface area (Å²) in [6, 6.07) is 0. The molecule has 0 aliphatic carbocycles. The first-order valence-corrected chi connectivity index (χ1v) is 4.19. The molecule has 2 nitrogen and oxygen atoms in total. The third-order valence-corrected chi connectivity index (χ3v) is 1.72. The first-order chi connectivity index (χ1) is 4.83. The van der Waals surface area contributed by atoms with Crippen LogP contribution in [0.15, 0.2) is 25.0 Å². The molecule has 0 amide bonds. The zero-order valence-corrected chi connectivity index (χ0v) is 7.78. The average molecular weight is 248 g/mol. The number of hydrogen-bond donors (Lipinski definition) is 0. The summed E-state index contributed by atoms with van der Waals surface area (Å²) in [5, 5.41) is 4.11. The molecule has 3 heteroatoms. The minimum absolute atomic E-state index is 0.937. The van der Waals surface area contributed by atoms with E-state index in [1.807, 2.05) is 23.2 Å². The highest BCUT2D eigenvalue weighted by atomic mass is 127. The molecule has 0 saturated carbocycles. The summed E-state index contributed by atoms with van der Waals surface area (Å²) in [5.74, 6) is 0. The van der Waals surface area contributed by atoms with Crippen LogP contribution in [0.3, 0.4) is 0 Å². The number of aromatic nitrogens is 2. The third-order valence-electron chi connectivity index (χ3n) is 1.16. The van der Waals surface area contributed by atoms with Gasteiger partial charge in [0, 0.05) is 12.7 Å². The highest BCUT2D eigenvalue weighted by Gasteiger charge is 1.91. The quantitative estimate of drug-likeness (QED) is 0.591. The fraction of sp³-hybridized carbons (Fsp3) is 0.286. The highest BCUT2D eigenvalue weighted by Crippen LogP contribution is 2.01. The van der Waals surface area contributed by atoms with E-state index in [0.717, 1.165) is 13.0 Å². The van der Waals surface area contributed by atoms with Crippen molar-refractivity contribution < 1.29 is 0 Å². The molecule has 0 aliphatic rings. The third kappa shape index (κ3) is 2.13. The van der Waals surface area contributed by atoms with E-state index in [2.05, 4.69) is 34.3 Å². The van der Waals surface area contributed by atoms with Gasteiger partial charge in [0.2, 0.25) is 0 Å². The van der Waals surface area contributed by atoms with Crippen molar-refractivity contribution in [3.63, 3.8) is 0 Å². The summed E-state index contributed by atoms with van der Waals surface area (Å²) < 4.78 is 3.10. The van der Waals surface area contributed by atoms with Crippen LogP contribution in [-0.4, -0.2) is 9.78 Å². The van der Waals surface area contributed by atoms with Crippen molar-refractivity contribution in [3.05, 3.63) is 28.6 Å². The van der Waals surface area contributed by atoms with Crippen LogP contribution in [0.5, 0.6) is 0 Å². The summed E-state index contributed by atoms with van der Waals surface area (Å²) in [7, 11) is 0. The Morgan fingerprint density at radius 1 is 1.80 bits per heavy atom. The second-order valence-corrected chi connectivity index (χ2v) is 3.24. The lowest BCUT2D eigenvalue weighted by molar-refractivity contribution is 0.624. The SMILES string of the molecule is C=CCCn1cc(I)cn1. The van der Waals surface area contributed by atoms with Gasteiger partial charge in [-0.25, -0.2) is 0 Å². The molecule has 0 N–H and O–H groups in total. The van der Waals surface area contributed by atoms with Gasteiger partial charge in [-0.1, -0.05) is 6.08 Å². The van der Waals surface area contributed by atoms with Gasteiger partial charge in [-0.2, -0.15) is 5.10 Å². The van der Waals surface area contributed by atoms with E-state index in [4.69, 9.17) is 0 Å². The fourth-order valence-corrected chi connectivity index (χ4v) is 1.13. The zero-order chi connectivity index (χ0) is 7.40. The van der Waals surface area contributed by atoms with E-state index >= 15 is 0 Å². The van der Waals surface area contributed by atoms with Crippen molar-refractivity contribution in [2.45, 2.75) is 13.0 Å². The standard InChI is InChI=1S/C7H9IN2/c1-2-3-4-10-6-7(8)5-9-10/h2,5-6H,1,3-4H2. The predicted molar refractivity (Wildman–Crippen MR) is 49.8 cm³/mol. The lowest BCUT2D eigenvalue weighted by Gasteiger charge is -1.94. The van der Waals surface area contributed by atoms with Crippen LogP contribution in [0.2, 0.25) is 0 Å². The summed E-state index contributed by atoms with van der Waals surface area (Å²) >= 11 is 2.24. The van der Waals surface area contributed by atoms with Crippen molar-refractivity contribution in [1.29, 1.82) is 0 Å². The molecule has 54 valence electrons. The Morgan fingerprint density at radius 2 is 2.60 bits per heavy atom. The number of nitrogens with zero attached hydrogens (tertiary/aromatic N) is 2. The van der Waals surface area contributed by atoms with E-state index in [0.29, 0.717) is 0 Å².